The van der Waals surface area contributed by atoms with Gasteiger partial charge in [-0.3, -0.25) is 4.79 Å². The smallest absolute Gasteiger partial charge is 0.279 e. The lowest BCUT2D eigenvalue weighted by molar-refractivity contribution is -0.892. The first kappa shape index (κ1) is 19.4. The van der Waals surface area contributed by atoms with Gasteiger partial charge in [-0.25, -0.2) is 0 Å². The molecule has 0 atom stereocenters. The predicted molar refractivity (Wildman–Crippen MR) is 111 cm³/mol. The third kappa shape index (κ3) is 4.92. The minimum atomic E-state index is 0.0179. The molecule has 0 bridgehead atoms. The lowest BCUT2D eigenvalue weighted by Gasteiger charge is -2.33. The van der Waals surface area contributed by atoms with E-state index in [1.807, 2.05) is 30.3 Å². The van der Waals surface area contributed by atoms with Crippen molar-refractivity contribution in [3.63, 3.8) is 0 Å². The fourth-order valence-corrected chi connectivity index (χ4v) is 3.74. The number of amides is 1. The largest absolute Gasteiger partial charge is 0.497 e. The van der Waals surface area contributed by atoms with Gasteiger partial charge in [0.15, 0.2) is 18.0 Å². The molecule has 2 aliphatic rings. The normalized spacial score (nSPS) is 16.8. The molecule has 0 aromatic heterocycles. The summed E-state index contributed by atoms with van der Waals surface area (Å²) in [6.45, 7) is 5.42. The molecular weight excluding hydrogens is 370 g/mol. The summed E-state index contributed by atoms with van der Waals surface area (Å²) in [6, 6.07) is 13.7. The average molecular weight is 398 g/mol. The molecule has 0 radical (unpaired) electrons. The van der Waals surface area contributed by atoms with Crippen molar-refractivity contribution in [2.24, 2.45) is 0 Å². The van der Waals surface area contributed by atoms with E-state index >= 15 is 0 Å². The number of carbonyl (C=O) groups excluding carboxylic acids is 1. The Balaban J connectivity index is 1.28. The molecule has 1 fully saturated rings. The molecule has 1 saturated heterocycles. The lowest BCUT2D eigenvalue weighted by atomic mass is 10.2. The predicted octanol–water partition coefficient (Wildman–Crippen LogP) is 1.20. The van der Waals surface area contributed by atoms with Gasteiger partial charge in [0.05, 0.1) is 46.5 Å². The Hall–Kier alpha value is -2.93. The molecule has 0 unspecified atom stereocenters. The fourth-order valence-electron chi connectivity index (χ4n) is 3.74. The zero-order valence-electron chi connectivity index (χ0n) is 16.8. The highest BCUT2D eigenvalue weighted by Crippen LogP contribution is 2.32. The summed E-state index contributed by atoms with van der Waals surface area (Å²) in [6.07, 6.45) is 0.863. The van der Waals surface area contributed by atoms with E-state index in [-0.39, 0.29) is 5.91 Å². The summed E-state index contributed by atoms with van der Waals surface area (Å²) in [7, 11) is 1.68. The molecule has 4 rings (SSSR count). The van der Waals surface area contributed by atoms with Crippen molar-refractivity contribution < 1.29 is 23.9 Å². The minimum absolute atomic E-state index is 0.0179. The van der Waals surface area contributed by atoms with Crippen LogP contribution in [0.1, 0.15) is 6.42 Å². The molecule has 2 aromatic rings. The first-order valence-electron chi connectivity index (χ1n) is 10.1. The molecule has 0 aliphatic carbocycles. The molecule has 7 heteroatoms. The van der Waals surface area contributed by atoms with E-state index in [1.165, 1.54) is 10.6 Å². The third-order valence-electron chi connectivity index (χ3n) is 5.33. The van der Waals surface area contributed by atoms with Crippen molar-refractivity contribution in [1.29, 1.82) is 0 Å². The Morgan fingerprint density at radius 2 is 1.90 bits per heavy atom. The molecule has 2 heterocycles. The number of methoxy groups -OCH3 is 1. The highest BCUT2D eigenvalue weighted by atomic mass is 16.5. The number of quaternary nitrogens is 1. The molecule has 2 aromatic carbocycles. The first-order chi connectivity index (χ1) is 14.2. The standard InChI is InChI=1S/C22H27N3O4/c1-27-19-5-2-4-18(15-19)25-10-8-24(9-11-25)16-22(26)23-17-6-7-20-21(14-17)29-13-3-12-28-20/h2,4-7,14-15H,3,8-13,16H2,1H3,(H,23,26)/p+1. The van der Waals surface area contributed by atoms with Crippen LogP contribution in [0.15, 0.2) is 42.5 Å². The van der Waals surface area contributed by atoms with Crippen LogP contribution in [-0.4, -0.2) is 59.0 Å². The summed E-state index contributed by atoms with van der Waals surface area (Å²) in [5.74, 6) is 2.32. The molecule has 7 nitrogen and oxygen atoms in total. The average Bonchev–Trinajstić information content (AvgIpc) is 2.99. The van der Waals surface area contributed by atoms with Gasteiger partial charge in [-0.2, -0.15) is 0 Å². The number of benzene rings is 2. The number of hydrogen-bond donors (Lipinski definition) is 2. The van der Waals surface area contributed by atoms with Crippen LogP contribution >= 0.6 is 0 Å². The van der Waals surface area contributed by atoms with E-state index in [2.05, 4.69) is 22.3 Å². The quantitative estimate of drug-likeness (QED) is 0.793. The van der Waals surface area contributed by atoms with Crippen molar-refractivity contribution in [3.8, 4) is 17.2 Å². The Bertz CT molecular complexity index is 850. The van der Waals surface area contributed by atoms with Gasteiger partial charge >= 0.3 is 0 Å². The molecule has 2 N–H and O–H groups in total. The van der Waals surface area contributed by atoms with Crippen LogP contribution < -0.4 is 29.3 Å². The van der Waals surface area contributed by atoms with Gasteiger partial charge < -0.3 is 29.3 Å². The number of nitrogens with zero attached hydrogens (tertiary/aromatic N) is 1. The number of anilines is 2. The highest BCUT2D eigenvalue weighted by Gasteiger charge is 2.23. The SMILES string of the molecule is COc1cccc(N2CC[NH+](CC(=O)Nc3ccc4c(c3)OCCCO4)CC2)c1. The second kappa shape index (κ2) is 9.05. The molecule has 154 valence electrons. The summed E-state index contributed by atoms with van der Waals surface area (Å²) >= 11 is 0. The monoisotopic (exact) mass is 398 g/mol. The van der Waals surface area contributed by atoms with Crippen LogP contribution in [-0.2, 0) is 4.79 Å². The van der Waals surface area contributed by atoms with E-state index in [0.717, 1.165) is 49.8 Å². The van der Waals surface area contributed by atoms with E-state index in [1.54, 1.807) is 7.11 Å². The Labute approximate surface area is 171 Å². The maximum Gasteiger partial charge on any atom is 0.279 e. The van der Waals surface area contributed by atoms with Crippen molar-refractivity contribution in [3.05, 3.63) is 42.5 Å². The fraction of sp³-hybridized carbons (Fsp3) is 0.409. The second-order valence-electron chi connectivity index (χ2n) is 7.38. The van der Waals surface area contributed by atoms with Crippen LogP contribution in [0.2, 0.25) is 0 Å². The number of rotatable bonds is 5. The van der Waals surface area contributed by atoms with Gasteiger partial charge in [0, 0.05) is 29.9 Å². The second-order valence-corrected chi connectivity index (χ2v) is 7.38. The van der Waals surface area contributed by atoms with Crippen molar-refractivity contribution in [2.45, 2.75) is 6.42 Å². The summed E-state index contributed by atoms with van der Waals surface area (Å²) in [4.78, 5) is 16.1. The summed E-state index contributed by atoms with van der Waals surface area (Å²) < 4.78 is 16.6. The maximum atomic E-state index is 12.5. The van der Waals surface area contributed by atoms with Gasteiger partial charge in [0.25, 0.3) is 5.91 Å². The number of ether oxygens (including phenoxy) is 3. The van der Waals surface area contributed by atoms with E-state index in [9.17, 15) is 4.79 Å². The van der Waals surface area contributed by atoms with E-state index < -0.39 is 0 Å². The molecular formula is C22H28N3O4+. The van der Waals surface area contributed by atoms with Crippen LogP contribution in [0.4, 0.5) is 11.4 Å². The van der Waals surface area contributed by atoms with Gasteiger partial charge in [-0.1, -0.05) is 6.07 Å². The molecule has 1 amide bonds. The molecule has 0 spiro atoms. The zero-order chi connectivity index (χ0) is 20.1. The van der Waals surface area contributed by atoms with E-state index in [4.69, 9.17) is 14.2 Å². The minimum Gasteiger partial charge on any atom is -0.497 e. The maximum absolute atomic E-state index is 12.5. The number of fused-ring (bicyclic) bond motifs is 1. The lowest BCUT2D eigenvalue weighted by Crippen LogP contribution is -3.15. The van der Waals surface area contributed by atoms with Gasteiger partial charge in [0.1, 0.15) is 5.75 Å². The highest BCUT2D eigenvalue weighted by molar-refractivity contribution is 5.91. The van der Waals surface area contributed by atoms with Gasteiger partial charge in [-0.05, 0) is 24.3 Å². The van der Waals surface area contributed by atoms with Crippen LogP contribution in [0.5, 0.6) is 17.2 Å². The number of carbonyl (C=O) groups is 1. The van der Waals surface area contributed by atoms with Gasteiger partial charge in [-0.15, -0.1) is 0 Å². The first-order valence-corrected chi connectivity index (χ1v) is 10.1. The van der Waals surface area contributed by atoms with Crippen LogP contribution in [0.3, 0.4) is 0 Å². The molecule has 2 aliphatic heterocycles. The topological polar surface area (TPSA) is 64.5 Å². The molecule has 29 heavy (non-hydrogen) atoms. The van der Waals surface area contributed by atoms with Crippen molar-refractivity contribution in [1.82, 2.24) is 0 Å². The third-order valence-corrected chi connectivity index (χ3v) is 5.33. The molecule has 0 saturated carbocycles. The summed E-state index contributed by atoms with van der Waals surface area (Å²) in [5, 5.41) is 2.99. The zero-order valence-corrected chi connectivity index (χ0v) is 16.8. The summed E-state index contributed by atoms with van der Waals surface area (Å²) in [5.41, 5.74) is 1.91. The van der Waals surface area contributed by atoms with Crippen molar-refractivity contribution >= 4 is 17.3 Å². The number of nitrogens with one attached hydrogen (secondary N) is 2. The van der Waals surface area contributed by atoms with E-state index in [0.29, 0.717) is 25.5 Å². The number of hydrogen-bond acceptors (Lipinski definition) is 5. The Kier molecular flexibility index (Phi) is 6.05. The van der Waals surface area contributed by atoms with Crippen LogP contribution in [0, 0.1) is 0 Å². The Morgan fingerprint density at radius 3 is 2.69 bits per heavy atom. The number of piperazine rings is 1. The Morgan fingerprint density at radius 1 is 1.10 bits per heavy atom. The van der Waals surface area contributed by atoms with Gasteiger partial charge in [0.2, 0.25) is 0 Å². The van der Waals surface area contributed by atoms with Crippen molar-refractivity contribution in [2.75, 3.05) is 63.3 Å². The van der Waals surface area contributed by atoms with Crippen LogP contribution in [0.25, 0.3) is 0 Å².